The van der Waals surface area contributed by atoms with Gasteiger partial charge in [-0.05, 0) is 51.6 Å². The number of alkyl halides is 3. The minimum absolute atomic E-state index is 0.0339. The number of nitrogens with zero attached hydrogens (tertiary/aromatic N) is 1. The van der Waals surface area contributed by atoms with Gasteiger partial charge in [-0.1, -0.05) is 13.8 Å². The first kappa shape index (κ1) is 18.7. The lowest BCUT2D eigenvalue weighted by molar-refractivity contribution is -0.147. The predicted octanol–water partition coefficient (Wildman–Crippen LogP) is 2.93. The molecular formula is C15H29F3N2O. The SMILES string of the molecule is CCCNC(CC)(CO)CCCN(CC(F)(F)F)C1CC1. The molecule has 1 aliphatic rings. The van der Waals surface area contributed by atoms with Gasteiger partial charge >= 0.3 is 6.18 Å². The topological polar surface area (TPSA) is 35.5 Å². The van der Waals surface area contributed by atoms with Gasteiger partial charge in [-0.25, -0.2) is 0 Å². The summed E-state index contributed by atoms with van der Waals surface area (Å²) in [5, 5.41) is 13.0. The Morgan fingerprint density at radius 1 is 1.24 bits per heavy atom. The zero-order valence-corrected chi connectivity index (χ0v) is 13.2. The monoisotopic (exact) mass is 310 g/mol. The predicted molar refractivity (Wildman–Crippen MR) is 78.3 cm³/mol. The number of hydrogen-bond donors (Lipinski definition) is 2. The lowest BCUT2D eigenvalue weighted by atomic mass is 9.91. The van der Waals surface area contributed by atoms with E-state index in [1.807, 2.05) is 6.92 Å². The second kappa shape index (κ2) is 8.34. The largest absolute Gasteiger partial charge is 0.401 e. The van der Waals surface area contributed by atoms with Crippen LogP contribution in [-0.2, 0) is 0 Å². The molecule has 126 valence electrons. The molecule has 0 aromatic carbocycles. The van der Waals surface area contributed by atoms with Gasteiger partial charge in [-0.3, -0.25) is 4.90 Å². The van der Waals surface area contributed by atoms with Crippen molar-refractivity contribution in [3.63, 3.8) is 0 Å². The molecule has 1 aliphatic carbocycles. The molecule has 0 spiro atoms. The van der Waals surface area contributed by atoms with E-state index in [1.165, 1.54) is 0 Å². The summed E-state index contributed by atoms with van der Waals surface area (Å²) in [4.78, 5) is 1.55. The summed E-state index contributed by atoms with van der Waals surface area (Å²) in [6, 6.07) is 0.111. The molecule has 3 nitrogen and oxygen atoms in total. The summed E-state index contributed by atoms with van der Waals surface area (Å²) in [6.07, 6.45) is 0.781. The molecule has 0 saturated heterocycles. The van der Waals surface area contributed by atoms with Gasteiger partial charge in [0, 0.05) is 11.6 Å². The first-order chi connectivity index (χ1) is 9.86. The highest BCUT2D eigenvalue weighted by molar-refractivity contribution is 4.89. The average molecular weight is 310 g/mol. The first-order valence-corrected chi connectivity index (χ1v) is 8.02. The summed E-state index contributed by atoms with van der Waals surface area (Å²) >= 11 is 0. The summed E-state index contributed by atoms with van der Waals surface area (Å²) in [5.41, 5.74) is -0.344. The van der Waals surface area contributed by atoms with Crippen molar-refractivity contribution in [2.24, 2.45) is 0 Å². The summed E-state index contributed by atoms with van der Waals surface area (Å²) < 4.78 is 37.7. The molecule has 0 amide bonds. The molecule has 0 bridgehead atoms. The van der Waals surface area contributed by atoms with Crippen LogP contribution in [0.25, 0.3) is 0 Å². The van der Waals surface area contributed by atoms with E-state index in [-0.39, 0.29) is 18.2 Å². The van der Waals surface area contributed by atoms with Crippen LogP contribution in [0.3, 0.4) is 0 Å². The van der Waals surface area contributed by atoms with Gasteiger partial charge in [0.1, 0.15) is 0 Å². The molecule has 0 radical (unpaired) electrons. The van der Waals surface area contributed by atoms with Crippen LogP contribution in [-0.4, -0.2) is 54.0 Å². The lowest BCUT2D eigenvalue weighted by Gasteiger charge is -2.33. The summed E-state index contributed by atoms with van der Waals surface area (Å²) in [6.45, 7) is 4.57. The maximum atomic E-state index is 12.6. The number of aliphatic hydroxyl groups is 1. The molecule has 0 aromatic rings. The highest BCUT2D eigenvalue weighted by atomic mass is 19.4. The Labute approximate surface area is 125 Å². The fourth-order valence-corrected chi connectivity index (χ4v) is 2.71. The van der Waals surface area contributed by atoms with Gasteiger partial charge in [0.2, 0.25) is 0 Å². The molecule has 1 atom stereocenters. The number of hydrogen-bond acceptors (Lipinski definition) is 3. The summed E-state index contributed by atoms with van der Waals surface area (Å²) in [7, 11) is 0. The van der Waals surface area contributed by atoms with Crippen LogP contribution in [0.2, 0.25) is 0 Å². The van der Waals surface area contributed by atoms with Crippen LogP contribution in [0, 0.1) is 0 Å². The van der Waals surface area contributed by atoms with Crippen molar-refractivity contribution in [3.8, 4) is 0 Å². The molecular weight excluding hydrogens is 281 g/mol. The third-order valence-electron chi connectivity index (χ3n) is 4.28. The van der Waals surface area contributed by atoms with Gasteiger partial charge in [-0.15, -0.1) is 0 Å². The van der Waals surface area contributed by atoms with Crippen molar-refractivity contribution in [1.29, 1.82) is 0 Å². The quantitative estimate of drug-likeness (QED) is 0.616. The van der Waals surface area contributed by atoms with Gasteiger partial charge in [0.05, 0.1) is 13.2 Å². The summed E-state index contributed by atoms with van der Waals surface area (Å²) in [5.74, 6) is 0. The van der Waals surface area contributed by atoms with E-state index < -0.39 is 12.7 Å². The maximum absolute atomic E-state index is 12.6. The van der Waals surface area contributed by atoms with E-state index in [2.05, 4.69) is 12.2 Å². The second-order valence-corrected chi connectivity index (χ2v) is 6.14. The average Bonchev–Trinajstić information content (AvgIpc) is 3.25. The first-order valence-electron chi connectivity index (χ1n) is 8.02. The molecule has 0 aliphatic heterocycles. The Morgan fingerprint density at radius 3 is 2.33 bits per heavy atom. The molecule has 0 aromatic heterocycles. The minimum Gasteiger partial charge on any atom is -0.394 e. The van der Waals surface area contributed by atoms with Crippen molar-refractivity contribution in [2.45, 2.75) is 70.1 Å². The standard InChI is InChI=1S/C15H29F3N2O/c1-3-9-19-14(4-2,12-21)8-5-10-20(13-6-7-13)11-15(16,17)18/h13,19,21H,3-12H2,1-2H3. The number of aliphatic hydroxyl groups excluding tert-OH is 1. The Bertz CT molecular complexity index is 289. The zero-order valence-electron chi connectivity index (χ0n) is 13.2. The second-order valence-electron chi connectivity index (χ2n) is 6.14. The van der Waals surface area contributed by atoms with E-state index in [0.717, 1.165) is 32.2 Å². The molecule has 1 rings (SSSR count). The molecule has 2 N–H and O–H groups in total. The molecule has 1 fully saturated rings. The van der Waals surface area contributed by atoms with Gasteiger partial charge in [-0.2, -0.15) is 13.2 Å². The van der Waals surface area contributed by atoms with Crippen LogP contribution in [0.5, 0.6) is 0 Å². The third kappa shape index (κ3) is 6.98. The van der Waals surface area contributed by atoms with Crippen molar-refractivity contribution < 1.29 is 18.3 Å². The van der Waals surface area contributed by atoms with E-state index in [0.29, 0.717) is 19.4 Å². The lowest BCUT2D eigenvalue weighted by Crippen LogP contribution is -2.49. The van der Waals surface area contributed by atoms with Crippen LogP contribution in [0.4, 0.5) is 13.2 Å². The van der Waals surface area contributed by atoms with E-state index in [1.54, 1.807) is 4.90 Å². The highest BCUT2D eigenvalue weighted by Crippen LogP contribution is 2.30. The zero-order chi connectivity index (χ0) is 15.9. The Morgan fingerprint density at radius 2 is 1.90 bits per heavy atom. The molecule has 21 heavy (non-hydrogen) atoms. The van der Waals surface area contributed by atoms with E-state index in [9.17, 15) is 18.3 Å². The maximum Gasteiger partial charge on any atom is 0.401 e. The van der Waals surface area contributed by atoms with Crippen molar-refractivity contribution in [1.82, 2.24) is 10.2 Å². The Kier molecular flexibility index (Phi) is 7.44. The van der Waals surface area contributed by atoms with Crippen LogP contribution < -0.4 is 5.32 Å². The fraction of sp³-hybridized carbons (Fsp3) is 1.00. The molecule has 1 unspecified atom stereocenters. The fourth-order valence-electron chi connectivity index (χ4n) is 2.71. The van der Waals surface area contributed by atoms with Gasteiger partial charge in [0.25, 0.3) is 0 Å². The highest BCUT2D eigenvalue weighted by Gasteiger charge is 2.38. The molecule has 6 heteroatoms. The molecule has 1 saturated carbocycles. The van der Waals surface area contributed by atoms with Crippen LogP contribution >= 0.6 is 0 Å². The van der Waals surface area contributed by atoms with Gasteiger partial charge in [0.15, 0.2) is 0 Å². The van der Waals surface area contributed by atoms with E-state index >= 15 is 0 Å². The smallest absolute Gasteiger partial charge is 0.394 e. The van der Waals surface area contributed by atoms with Crippen molar-refractivity contribution in [2.75, 3.05) is 26.2 Å². The third-order valence-corrected chi connectivity index (χ3v) is 4.28. The minimum atomic E-state index is -4.12. The Balaban J connectivity index is 2.43. The van der Waals surface area contributed by atoms with Crippen LogP contribution in [0.1, 0.15) is 52.4 Å². The number of rotatable bonds is 11. The Hall–Kier alpha value is -0.330. The van der Waals surface area contributed by atoms with Gasteiger partial charge < -0.3 is 10.4 Å². The number of halogens is 3. The van der Waals surface area contributed by atoms with Crippen molar-refractivity contribution in [3.05, 3.63) is 0 Å². The number of nitrogens with one attached hydrogen (secondary N) is 1. The van der Waals surface area contributed by atoms with Crippen molar-refractivity contribution >= 4 is 0 Å². The molecule has 0 heterocycles. The van der Waals surface area contributed by atoms with Crippen LogP contribution in [0.15, 0.2) is 0 Å². The van der Waals surface area contributed by atoms with E-state index in [4.69, 9.17) is 0 Å². The normalized spacial score (nSPS) is 19.0.